The quantitative estimate of drug-likeness (QED) is 0.837. The monoisotopic (exact) mass is 263 g/mol. The maximum atomic E-state index is 8.93. The van der Waals surface area contributed by atoms with Crippen LogP contribution in [0.25, 0.3) is 0 Å². The third-order valence-electron chi connectivity index (χ3n) is 3.16. The highest BCUT2D eigenvalue weighted by molar-refractivity contribution is 7.99. The van der Waals surface area contributed by atoms with E-state index in [0.717, 1.165) is 18.8 Å². The van der Waals surface area contributed by atoms with Gasteiger partial charge >= 0.3 is 0 Å². The van der Waals surface area contributed by atoms with Crippen LogP contribution in [-0.2, 0) is 10.5 Å². The maximum Gasteiger partial charge on any atom is 0.136 e. The molecule has 2 rings (SSSR count). The van der Waals surface area contributed by atoms with Gasteiger partial charge in [-0.1, -0.05) is 6.07 Å². The molecule has 2 atom stereocenters. The van der Waals surface area contributed by atoms with Crippen LogP contribution in [0, 0.1) is 11.3 Å². The van der Waals surface area contributed by atoms with Gasteiger partial charge in [-0.3, -0.25) is 0 Å². The fraction of sp³-hybridized carbons (Fsp3) is 0.500. The Balaban J connectivity index is 1.99. The molecule has 1 heterocycles. The first-order valence-electron chi connectivity index (χ1n) is 6.05. The van der Waals surface area contributed by atoms with Crippen molar-refractivity contribution < 1.29 is 9.47 Å². The van der Waals surface area contributed by atoms with Gasteiger partial charge in [-0.2, -0.15) is 17.0 Å². The number of ether oxygens (including phenoxy) is 2. The molecule has 2 unspecified atom stereocenters. The van der Waals surface area contributed by atoms with E-state index in [1.54, 1.807) is 7.11 Å². The lowest BCUT2D eigenvalue weighted by Gasteiger charge is -2.13. The van der Waals surface area contributed by atoms with Gasteiger partial charge in [0.2, 0.25) is 0 Å². The topological polar surface area (TPSA) is 42.2 Å². The van der Waals surface area contributed by atoms with Crippen molar-refractivity contribution in [2.75, 3.05) is 13.7 Å². The van der Waals surface area contributed by atoms with Crippen molar-refractivity contribution in [3.63, 3.8) is 0 Å². The lowest BCUT2D eigenvalue weighted by Crippen LogP contribution is -2.13. The van der Waals surface area contributed by atoms with Gasteiger partial charge in [-0.15, -0.1) is 0 Å². The van der Waals surface area contributed by atoms with Gasteiger partial charge in [0.05, 0.1) is 18.8 Å². The number of rotatable bonds is 4. The molecule has 0 N–H and O–H groups in total. The summed E-state index contributed by atoms with van der Waals surface area (Å²) in [6, 6.07) is 7.89. The Labute approximate surface area is 112 Å². The molecule has 4 heteroatoms. The van der Waals surface area contributed by atoms with E-state index in [1.165, 1.54) is 5.56 Å². The maximum absolute atomic E-state index is 8.93. The van der Waals surface area contributed by atoms with Crippen LogP contribution in [0.15, 0.2) is 18.2 Å². The summed E-state index contributed by atoms with van der Waals surface area (Å²) in [7, 11) is 1.60. The van der Waals surface area contributed by atoms with E-state index in [9.17, 15) is 0 Å². The van der Waals surface area contributed by atoms with Crippen molar-refractivity contribution in [1.29, 1.82) is 5.26 Å². The van der Waals surface area contributed by atoms with Crippen LogP contribution >= 0.6 is 11.8 Å². The van der Waals surface area contributed by atoms with Crippen molar-refractivity contribution in [3.8, 4) is 11.8 Å². The number of benzene rings is 1. The van der Waals surface area contributed by atoms with E-state index < -0.39 is 0 Å². The van der Waals surface area contributed by atoms with E-state index in [1.807, 2.05) is 30.0 Å². The Morgan fingerprint density at radius 1 is 1.56 bits per heavy atom. The molecule has 0 amide bonds. The fourth-order valence-corrected chi connectivity index (χ4v) is 3.25. The highest BCUT2D eigenvalue weighted by Gasteiger charge is 2.24. The normalized spacial score (nSPS) is 22.7. The Morgan fingerprint density at radius 3 is 3.00 bits per heavy atom. The van der Waals surface area contributed by atoms with Crippen LogP contribution in [0.2, 0.25) is 0 Å². The van der Waals surface area contributed by atoms with E-state index in [4.69, 9.17) is 14.7 Å². The molecule has 0 aromatic heterocycles. The fourth-order valence-electron chi connectivity index (χ4n) is 2.05. The number of hydrogen-bond acceptors (Lipinski definition) is 4. The van der Waals surface area contributed by atoms with Gasteiger partial charge < -0.3 is 9.47 Å². The molecule has 1 aliphatic heterocycles. The average Bonchev–Trinajstić information content (AvgIpc) is 2.81. The van der Waals surface area contributed by atoms with E-state index >= 15 is 0 Å². The first-order valence-corrected chi connectivity index (χ1v) is 7.09. The Hall–Kier alpha value is -1.18. The summed E-state index contributed by atoms with van der Waals surface area (Å²) < 4.78 is 10.8. The van der Waals surface area contributed by atoms with Crippen molar-refractivity contribution in [2.45, 2.75) is 30.5 Å². The number of nitriles is 1. The van der Waals surface area contributed by atoms with E-state index in [2.05, 4.69) is 13.0 Å². The Bertz CT molecular complexity index is 456. The number of methoxy groups -OCH3 is 1. The molecular formula is C14H17NO2S. The third-order valence-corrected chi connectivity index (χ3v) is 4.70. The largest absolute Gasteiger partial charge is 0.495 e. The van der Waals surface area contributed by atoms with Gasteiger partial charge in [-0.25, -0.2) is 0 Å². The summed E-state index contributed by atoms with van der Waals surface area (Å²) in [6.07, 6.45) is 1.47. The van der Waals surface area contributed by atoms with Crippen LogP contribution in [0.1, 0.15) is 24.5 Å². The molecule has 1 saturated heterocycles. The molecule has 96 valence electrons. The second kappa shape index (κ2) is 6.12. The lowest BCUT2D eigenvalue weighted by atomic mass is 10.1. The zero-order chi connectivity index (χ0) is 13.0. The van der Waals surface area contributed by atoms with Gasteiger partial charge in [0.25, 0.3) is 0 Å². The number of hydrogen-bond donors (Lipinski definition) is 0. The van der Waals surface area contributed by atoms with Crippen molar-refractivity contribution in [3.05, 3.63) is 29.3 Å². The van der Waals surface area contributed by atoms with E-state index in [-0.39, 0.29) is 0 Å². The molecule has 3 nitrogen and oxygen atoms in total. The number of thioether (sulfide) groups is 1. The second-order valence-electron chi connectivity index (χ2n) is 4.36. The highest BCUT2D eigenvalue weighted by Crippen LogP contribution is 2.30. The van der Waals surface area contributed by atoms with Crippen molar-refractivity contribution in [1.82, 2.24) is 0 Å². The molecule has 1 fully saturated rings. The Kier molecular flexibility index (Phi) is 4.51. The van der Waals surface area contributed by atoms with Crippen molar-refractivity contribution >= 4 is 11.8 Å². The summed E-state index contributed by atoms with van der Waals surface area (Å²) >= 11 is 1.91. The molecule has 1 aliphatic rings. The average molecular weight is 263 g/mol. The predicted molar refractivity (Wildman–Crippen MR) is 72.8 cm³/mol. The second-order valence-corrected chi connectivity index (χ2v) is 5.59. The third kappa shape index (κ3) is 2.98. The smallest absolute Gasteiger partial charge is 0.136 e. The van der Waals surface area contributed by atoms with E-state index in [0.29, 0.717) is 22.7 Å². The van der Waals surface area contributed by atoms with Crippen molar-refractivity contribution in [2.24, 2.45) is 0 Å². The minimum atomic E-state index is 0.343. The summed E-state index contributed by atoms with van der Waals surface area (Å²) in [5.41, 5.74) is 1.78. The zero-order valence-corrected chi connectivity index (χ0v) is 11.5. The summed E-state index contributed by atoms with van der Waals surface area (Å²) in [4.78, 5) is 0. The molecule has 0 aliphatic carbocycles. The molecule has 1 aromatic carbocycles. The first kappa shape index (κ1) is 13.3. The van der Waals surface area contributed by atoms with Crippen LogP contribution in [0.5, 0.6) is 5.75 Å². The van der Waals surface area contributed by atoms with Gasteiger partial charge in [0.1, 0.15) is 11.8 Å². The molecule has 0 saturated carbocycles. The summed E-state index contributed by atoms with van der Waals surface area (Å²) in [6.45, 7) is 3.00. The Morgan fingerprint density at radius 2 is 2.39 bits per heavy atom. The molecular weight excluding hydrogens is 246 g/mol. The minimum absolute atomic E-state index is 0.343. The molecule has 1 aromatic rings. The summed E-state index contributed by atoms with van der Waals surface area (Å²) in [5.74, 6) is 1.59. The molecule has 18 heavy (non-hydrogen) atoms. The van der Waals surface area contributed by atoms with Gasteiger partial charge in [0, 0.05) is 17.6 Å². The highest BCUT2D eigenvalue weighted by atomic mass is 32.2. The van der Waals surface area contributed by atoms with Crippen LogP contribution in [-0.4, -0.2) is 25.1 Å². The molecule has 0 bridgehead atoms. The van der Waals surface area contributed by atoms with Gasteiger partial charge in [0.15, 0.2) is 0 Å². The number of nitrogens with zero attached hydrogens (tertiary/aromatic N) is 1. The van der Waals surface area contributed by atoms with Crippen LogP contribution in [0.3, 0.4) is 0 Å². The predicted octanol–water partition coefficient (Wildman–Crippen LogP) is 2.98. The van der Waals surface area contributed by atoms with Crippen LogP contribution < -0.4 is 4.74 Å². The van der Waals surface area contributed by atoms with Crippen LogP contribution in [0.4, 0.5) is 0 Å². The molecule has 0 radical (unpaired) electrons. The first-order chi connectivity index (χ1) is 8.74. The SMILES string of the molecule is COc1cc(CSC2CCOC2C)ccc1C#N. The zero-order valence-electron chi connectivity index (χ0n) is 10.7. The standard InChI is InChI=1S/C14H17NO2S/c1-10-14(5-6-17-10)18-9-11-3-4-12(8-15)13(7-11)16-2/h3-4,7,10,14H,5-6,9H2,1-2H3. The lowest BCUT2D eigenvalue weighted by molar-refractivity contribution is 0.127. The summed E-state index contributed by atoms with van der Waals surface area (Å²) in [5, 5.41) is 9.50. The minimum Gasteiger partial charge on any atom is -0.495 e. The van der Waals surface area contributed by atoms with Gasteiger partial charge in [-0.05, 0) is 31.0 Å². The molecule has 0 spiro atoms.